The summed E-state index contributed by atoms with van der Waals surface area (Å²) < 4.78 is 2.59. The van der Waals surface area contributed by atoms with E-state index in [0.717, 1.165) is 28.7 Å². The quantitative estimate of drug-likeness (QED) is 0.801. The van der Waals surface area contributed by atoms with Crippen LogP contribution in [0.3, 0.4) is 0 Å². The largest absolute Gasteiger partial charge is 0.298 e. The minimum atomic E-state index is 0.123. The summed E-state index contributed by atoms with van der Waals surface area (Å²) in [6.07, 6.45) is 6.49. The van der Waals surface area contributed by atoms with Crippen LogP contribution < -0.4 is 5.56 Å². The SMILES string of the molecule is CCCCC(CC)Cn1cnc2c(C)csc2c1=O. The first-order valence-electron chi connectivity index (χ1n) is 7.10. The predicted molar refractivity (Wildman–Crippen MR) is 81.9 cm³/mol. The summed E-state index contributed by atoms with van der Waals surface area (Å²) in [4.78, 5) is 16.8. The molecule has 0 radical (unpaired) electrons. The molecule has 0 N–H and O–H groups in total. The molecule has 2 aromatic heterocycles. The van der Waals surface area contributed by atoms with E-state index < -0.39 is 0 Å². The van der Waals surface area contributed by atoms with Gasteiger partial charge in [0.25, 0.3) is 5.56 Å². The minimum absolute atomic E-state index is 0.123. The average Bonchev–Trinajstić information content (AvgIpc) is 2.79. The van der Waals surface area contributed by atoms with Gasteiger partial charge >= 0.3 is 0 Å². The van der Waals surface area contributed by atoms with E-state index in [4.69, 9.17) is 0 Å². The lowest BCUT2D eigenvalue weighted by molar-refractivity contribution is 0.384. The van der Waals surface area contributed by atoms with Crippen LogP contribution in [0, 0.1) is 12.8 Å². The van der Waals surface area contributed by atoms with Crippen LogP contribution in [-0.4, -0.2) is 9.55 Å². The van der Waals surface area contributed by atoms with Crippen molar-refractivity contribution in [1.82, 2.24) is 9.55 Å². The first kappa shape index (κ1) is 14.3. The van der Waals surface area contributed by atoms with Crippen LogP contribution in [0.5, 0.6) is 0 Å². The van der Waals surface area contributed by atoms with E-state index in [1.165, 1.54) is 30.6 Å². The molecule has 1 unspecified atom stereocenters. The third kappa shape index (κ3) is 3.06. The summed E-state index contributed by atoms with van der Waals surface area (Å²) in [5.74, 6) is 0.581. The van der Waals surface area contributed by atoms with Crippen molar-refractivity contribution in [3.63, 3.8) is 0 Å². The summed E-state index contributed by atoms with van der Waals surface area (Å²) in [5, 5.41) is 2.01. The Morgan fingerprint density at radius 1 is 1.42 bits per heavy atom. The first-order chi connectivity index (χ1) is 9.17. The van der Waals surface area contributed by atoms with Crippen molar-refractivity contribution < 1.29 is 0 Å². The number of aryl methyl sites for hydroxylation is 1. The van der Waals surface area contributed by atoms with Gasteiger partial charge in [-0.25, -0.2) is 4.98 Å². The fraction of sp³-hybridized carbons (Fsp3) is 0.600. The molecule has 19 heavy (non-hydrogen) atoms. The van der Waals surface area contributed by atoms with Gasteiger partial charge in [-0.15, -0.1) is 11.3 Å². The van der Waals surface area contributed by atoms with Crippen LogP contribution in [0.4, 0.5) is 0 Å². The summed E-state index contributed by atoms with van der Waals surface area (Å²) in [6, 6.07) is 0. The molecule has 0 aliphatic rings. The highest BCUT2D eigenvalue weighted by atomic mass is 32.1. The lowest BCUT2D eigenvalue weighted by Gasteiger charge is -2.15. The average molecular weight is 278 g/mol. The molecule has 1 atom stereocenters. The van der Waals surface area contributed by atoms with Crippen LogP contribution in [0.2, 0.25) is 0 Å². The van der Waals surface area contributed by atoms with Crippen LogP contribution >= 0.6 is 11.3 Å². The highest BCUT2D eigenvalue weighted by Gasteiger charge is 2.12. The maximum absolute atomic E-state index is 12.4. The molecule has 0 saturated carbocycles. The number of unbranched alkanes of at least 4 members (excludes halogenated alkanes) is 1. The van der Waals surface area contributed by atoms with Gasteiger partial charge in [0.05, 0.1) is 11.8 Å². The molecule has 0 saturated heterocycles. The normalized spacial score (nSPS) is 13.0. The van der Waals surface area contributed by atoms with Gasteiger partial charge in [-0.2, -0.15) is 0 Å². The van der Waals surface area contributed by atoms with Crippen molar-refractivity contribution >= 4 is 21.6 Å². The van der Waals surface area contributed by atoms with Crippen molar-refractivity contribution in [1.29, 1.82) is 0 Å². The minimum Gasteiger partial charge on any atom is -0.298 e. The van der Waals surface area contributed by atoms with Crippen molar-refractivity contribution in [2.45, 2.75) is 53.0 Å². The Labute approximate surface area is 118 Å². The molecule has 0 aliphatic heterocycles. The second-order valence-corrected chi connectivity index (χ2v) is 6.09. The molecule has 2 rings (SSSR count). The standard InChI is InChI=1S/C15H22N2OS/c1-4-6-7-12(5-2)8-17-10-16-13-11(3)9-19-14(13)15(17)18/h9-10,12H,4-8H2,1-3H3. The van der Waals surface area contributed by atoms with Crippen molar-refractivity contribution in [3.05, 3.63) is 27.6 Å². The maximum Gasteiger partial charge on any atom is 0.271 e. The molecule has 2 heterocycles. The van der Waals surface area contributed by atoms with Crippen molar-refractivity contribution in [2.75, 3.05) is 0 Å². The van der Waals surface area contributed by atoms with Gasteiger partial charge in [0, 0.05) is 6.54 Å². The molecule has 104 valence electrons. The number of hydrogen-bond donors (Lipinski definition) is 0. The summed E-state index contributed by atoms with van der Waals surface area (Å²) >= 11 is 1.51. The lowest BCUT2D eigenvalue weighted by atomic mass is 9.99. The van der Waals surface area contributed by atoms with Crippen LogP contribution in [-0.2, 0) is 6.54 Å². The van der Waals surface area contributed by atoms with E-state index in [-0.39, 0.29) is 5.56 Å². The first-order valence-corrected chi connectivity index (χ1v) is 7.98. The molecule has 3 nitrogen and oxygen atoms in total. The summed E-state index contributed by atoms with van der Waals surface area (Å²) in [5.41, 5.74) is 2.09. The zero-order valence-corrected chi connectivity index (χ0v) is 12.8. The van der Waals surface area contributed by atoms with Crippen molar-refractivity contribution in [3.8, 4) is 0 Å². The van der Waals surface area contributed by atoms with Gasteiger partial charge in [0.2, 0.25) is 0 Å². The van der Waals surface area contributed by atoms with Gasteiger partial charge in [-0.3, -0.25) is 9.36 Å². The van der Waals surface area contributed by atoms with E-state index in [0.29, 0.717) is 5.92 Å². The zero-order valence-electron chi connectivity index (χ0n) is 12.0. The molecule has 0 aromatic carbocycles. The Kier molecular flexibility index (Phi) is 4.75. The van der Waals surface area contributed by atoms with Gasteiger partial charge in [0.15, 0.2) is 0 Å². The van der Waals surface area contributed by atoms with E-state index in [1.54, 1.807) is 10.9 Å². The number of thiophene rings is 1. The second-order valence-electron chi connectivity index (χ2n) is 5.22. The molecule has 2 aromatic rings. The Balaban J connectivity index is 2.25. The van der Waals surface area contributed by atoms with E-state index in [9.17, 15) is 4.79 Å². The Bertz CT molecular complexity index is 600. The Morgan fingerprint density at radius 2 is 2.21 bits per heavy atom. The second kappa shape index (κ2) is 6.33. The van der Waals surface area contributed by atoms with Crippen LogP contribution in [0.25, 0.3) is 10.2 Å². The van der Waals surface area contributed by atoms with Gasteiger partial charge < -0.3 is 0 Å². The summed E-state index contributed by atoms with van der Waals surface area (Å²) in [7, 11) is 0. The predicted octanol–water partition coefficient (Wildman–Crippen LogP) is 3.98. The molecule has 0 aliphatic carbocycles. The van der Waals surface area contributed by atoms with E-state index >= 15 is 0 Å². The number of nitrogens with zero attached hydrogens (tertiary/aromatic N) is 2. The highest BCUT2D eigenvalue weighted by Crippen LogP contribution is 2.20. The number of hydrogen-bond acceptors (Lipinski definition) is 3. The van der Waals surface area contributed by atoms with Crippen LogP contribution in [0.1, 0.15) is 45.1 Å². The molecule has 0 amide bonds. The van der Waals surface area contributed by atoms with Gasteiger partial charge in [0.1, 0.15) is 4.70 Å². The van der Waals surface area contributed by atoms with E-state index in [2.05, 4.69) is 18.8 Å². The number of aromatic nitrogens is 2. The molecule has 0 spiro atoms. The highest BCUT2D eigenvalue weighted by molar-refractivity contribution is 7.17. The maximum atomic E-state index is 12.4. The van der Waals surface area contributed by atoms with Crippen LogP contribution in [0.15, 0.2) is 16.5 Å². The zero-order chi connectivity index (χ0) is 13.8. The fourth-order valence-corrected chi connectivity index (χ4v) is 3.34. The van der Waals surface area contributed by atoms with Gasteiger partial charge in [-0.1, -0.05) is 33.1 Å². The molecule has 0 fully saturated rings. The Hall–Kier alpha value is -1.16. The summed E-state index contributed by atoms with van der Waals surface area (Å²) in [6.45, 7) is 7.22. The molecule has 4 heteroatoms. The molecular formula is C15H22N2OS. The Morgan fingerprint density at radius 3 is 2.89 bits per heavy atom. The fourth-order valence-electron chi connectivity index (χ4n) is 2.39. The number of fused-ring (bicyclic) bond motifs is 1. The molecular weight excluding hydrogens is 256 g/mol. The lowest BCUT2D eigenvalue weighted by Crippen LogP contribution is -2.23. The number of rotatable bonds is 6. The smallest absolute Gasteiger partial charge is 0.271 e. The third-order valence-electron chi connectivity index (χ3n) is 3.72. The third-order valence-corrected chi connectivity index (χ3v) is 4.80. The van der Waals surface area contributed by atoms with E-state index in [1.807, 2.05) is 12.3 Å². The van der Waals surface area contributed by atoms with Crippen molar-refractivity contribution in [2.24, 2.45) is 5.92 Å². The molecule has 0 bridgehead atoms. The topological polar surface area (TPSA) is 34.9 Å². The van der Waals surface area contributed by atoms with Gasteiger partial charge in [-0.05, 0) is 30.2 Å². The monoisotopic (exact) mass is 278 g/mol.